The molecule has 2 N–H and O–H groups in total. The van der Waals surface area contributed by atoms with E-state index in [2.05, 4.69) is 20.5 Å². The molecule has 2 heterocycles. The summed E-state index contributed by atoms with van der Waals surface area (Å²) in [5, 5.41) is 19.9. The van der Waals surface area contributed by atoms with Gasteiger partial charge in [0.15, 0.2) is 0 Å². The van der Waals surface area contributed by atoms with Crippen LogP contribution in [0.25, 0.3) is 0 Å². The number of H-pyrrole nitrogens is 1. The molecule has 0 atom stereocenters. The van der Waals surface area contributed by atoms with Gasteiger partial charge in [-0.1, -0.05) is 42.1 Å². The molecule has 30 heavy (non-hydrogen) atoms. The molecule has 0 aliphatic carbocycles. The number of esters is 1. The summed E-state index contributed by atoms with van der Waals surface area (Å²) < 4.78 is 5.00. The summed E-state index contributed by atoms with van der Waals surface area (Å²) in [4.78, 5) is 29.1. The molecule has 0 fully saturated rings. The predicted octanol–water partition coefficient (Wildman–Crippen LogP) is 3.54. The molecule has 2 aromatic heterocycles. The van der Waals surface area contributed by atoms with Gasteiger partial charge in [0.05, 0.1) is 17.9 Å². The molecule has 0 bridgehead atoms. The van der Waals surface area contributed by atoms with Crippen LogP contribution in [0.4, 0.5) is 5.00 Å². The fourth-order valence-corrected chi connectivity index (χ4v) is 4.32. The lowest BCUT2D eigenvalue weighted by Crippen LogP contribution is -2.14. The minimum Gasteiger partial charge on any atom is -0.462 e. The van der Waals surface area contributed by atoms with Crippen LogP contribution in [0.1, 0.15) is 39.1 Å². The molecule has 10 heteroatoms. The first kappa shape index (κ1) is 21.5. The highest BCUT2D eigenvalue weighted by Crippen LogP contribution is 2.33. The second-order valence-corrected chi connectivity index (χ2v) is 8.12. The van der Waals surface area contributed by atoms with Crippen molar-refractivity contribution in [3.63, 3.8) is 0 Å². The summed E-state index contributed by atoms with van der Waals surface area (Å²) in [5.41, 5.74) is 1.88. The number of carbonyl (C=O) groups is 2. The van der Waals surface area contributed by atoms with Crippen LogP contribution in [-0.4, -0.2) is 39.4 Å². The molecule has 1 amide bonds. The summed E-state index contributed by atoms with van der Waals surface area (Å²) in [6.45, 7) is 3.60. The first-order chi connectivity index (χ1) is 14.5. The number of hydrogen-bond donors (Lipinski definition) is 2. The number of amides is 1. The van der Waals surface area contributed by atoms with Crippen LogP contribution in [0.3, 0.4) is 0 Å². The highest BCUT2D eigenvalue weighted by molar-refractivity contribution is 7.99. The number of thioether (sulfide) groups is 1. The average molecular weight is 442 g/mol. The van der Waals surface area contributed by atoms with Gasteiger partial charge in [0.2, 0.25) is 11.1 Å². The standard InChI is InChI=1S/C20H19N5O3S2/c1-3-28-19(27)17-12(2)14(10-21)18(30-17)23-16(26)11-29-20-22-15(24-25-20)9-13-7-5-4-6-8-13/h4-8H,3,9,11H2,1-2H3,(H,23,26)(H,22,24,25). The molecule has 0 unspecified atom stereocenters. The molecule has 0 saturated carbocycles. The van der Waals surface area contributed by atoms with Crippen molar-refractivity contribution in [3.8, 4) is 6.07 Å². The first-order valence-corrected chi connectivity index (χ1v) is 10.9. The smallest absolute Gasteiger partial charge is 0.348 e. The van der Waals surface area contributed by atoms with E-state index in [1.165, 1.54) is 11.8 Å². The molecule has 0 aliphatic heterocycles. The van der Waals surface area contributed by atoms with Crippen molar-refractivity contribution < 1.29 is 14.3 Å². The summed E-state index contributed by atoms with van der Waals surface area (Å²) >= 11 is 2.22. The number of carbonyl (C=O) groups excluding carboxylic acids is 2. The van der Waals surface area contributed by atoms with E-state index >= 15 is 0 Å². The molecule has 1 aromatic carbocycles. The van der Waals surface area contributed by atoms with Gasteiger partial charge in [-0.3, -0.25) is 9.89 Å². The fraction of sp³-hybridized carbons (Fsp3) is 0.250. The maximum atomic E-state index is 12.4. The lowest BCUT2D eigenvalue weighted by Gasteiger charge is -2.01. The van der Waals surface area contributed by atoms with Crippen LogP contribution in [0.15, 0.2) is 35.5 Å². The molecule has 0 radical (unpaired) electrons. The fourth-order valence-electron chi connectivity index (χ4n) is 2.63. The van der Waals surface area contributed by atoms with Crippen molar-refractivity contribution in [1.29, 1.82) is 5.26 Å². The third-order valence-corrected chi connectivity index (χ3v) is 6.06. The number of benzene rings is 1. The maximum Gasteiger partial charge on any atom is 0.348 e. The Kier molecular flexibility index (Phi) is 7.21. The lowest BCUT2D eigenvalue weighted by atomic mass is 10.1. The largest absolute Gasteiger partial charge is 0.462 e. The zero-order valence-electron chi connectivity index (χ0n) is 16.4. The minimum atomic E-state index is -0.502. The predicted molar refractivity (Wildman–Crippen MR) is 115 cm³/mol. The van der Waals surface area contributed by atoms with E-state index in [4.69, 9.17) is 4.74 Å². The molecular weight excluding hydrogens is 422 g/mol. The van der Waals surface area contributed by atoms with Crippen LogP contribution < -0.4 is 5.32 Å². The number of thiophene rings is 1. The van der Waals surface area contributed by atoms with Crippen LogP contribution in [0.5, 0.6) is 0 Å². The van der Waals surface area contributed by atoms with Gasteiger partial charge in [-0.25, -0.2) is 9.78 Å². The topological polar surface area (TPSA) is 121 Å². The van der Waals surface area contributed by atoms with E-state index in [-0.39, 0.29) is 23.8 Å². The van der Waals surface area contributed by atoms with Gasteiger partial charge in [0.25, 0.3) is 0 Å². The Labute approximate surface area is 181 Å². The third-order valence-electron chi connectivity index (χ3n) is 4.03. The zero-order chi connectivity index (χ0) is 21.5. The van der Waals surface area contributed by atoms with Gasteiger partial charge < -0.3 is 10.1 Å². The third kappa shape index (κ3) is 5.25. The first-order valence-electron chi connectivity index (χ1n) is 9.10. The van der Waals surface area contributed by atoms with E-state index in [9.17, 15) is 14.9 Å². The van der Waals surface area contributed by atoms with Gasteiger partial charge >= 0.3 is 5.97 Å². The number of ether oxygens (including phenoxy) is 1. The summed E-state index contributed by atoms with van der Waals surface area (Å²) in [6, 6.07) is 11.9. The van der Waals surface area contributed by atoms with Crippen LogP contribution in [-0.2, 0) is 16.0 Å². The SMILES string of the molecule is CCOC(=O)c1sc(NC(=O)CSc2n[nH]c(Cc3ccccc3)n2)c(C#N)c1C. The molecule has 154 valence electrons. The van der Waals surface area contributed by atoms with E-state index in [0.29, 0.717) is 32.8 Å². The number of hydrogen-bond acceptors (Lipinski definition) is 8. The highest BCUT2D eigenvalue weighted by atomic mass is 32.2. The van der Waals surface area contributed by atoms with Crippen molar-refractivity contribution >= 4 is 40.0 Å². The van der Waals surface area contributed by atoms with Crippen LogP contribution >= 0.6 is 23.1 Å². The number of rotatable bonds is 8. The molecular formula is C20H19N5O3S2. The van der Waals surface area contributed by atoms with Gasteiger partial charge in [-0.2, -0.15) is 5.26 Å². The molecule has 0 aliphatic rings. The lowest BCUT2D eigenvalue weighted by molar-refractivity contribution is -0.113. The second kappa shape index (κ2) is 10.0. The number of nitrogens with zero attached hydrogens (tertiary/aromatic N) is 3. The Morgan fingerprint density at radius 3 is 2.80 bits per heavy atom. The Morgan fingerprint density at radius 1 is 1.33 bits per heavy atom. The van der Waals surface area contributed by atoms with E-state index in [0.717, 1.165) is 16.9 Å². The second-order valence-electron chi connectivity index (χ2n) is 6.16. The molecule has 3 aromatic rings. The summed E-state index contributed by atoms with van der Waals surface area (Å²) in [7, 11) is 0. The van der Waals surface area contributed by atoms with E-state index in [1.54, 1.807) is 13.8 Å². The van der Waals surface area contributed by atoms with Gasteiger partial charge in [-0.15, -0.1) is 16.4 Å². The molecule has 0 spiro atoms. The van der Waals surface area contributed by atoms with Crippen molar-refractivity contribution in [1.82, 2.24) is 15.2 Å². The Balaban J connectivity index is 1.59. The molecule has 8 nitrogen and oxygen atoms in total. The van der Waals surface area contributed by atoms with Gasteiger partial charge in [0, 0.05) is 6.42 Å². The minimum absolute atomic E-state index is 0.0686. The highest BCUT2D eigenvalue weighted by Gasteiger charge is 2.22. The van der Waals surface area contributed by atoms with Crippen LogP contribution in [0.2, 0.25) is 0 Å². The van der Waals surface area contributed by atoms with Crippen molar-refractivity contribution in [2.45, 2.75) is 25.4 Å². The Bertz CT molecular complexity index is 1090. The van der Waals surface area contributed by atoms with Gasteiger partial charge in [-0.05, 0) is 25.0 Å². The number of aromatic amines is 1. The number of anilines is 1. The van der Waals surface area contributed by atoms with E-state index in [1.807, 2.05) is 36.4 Å². The number of nitrogens with one attached hydrogen (secondary N) is 2. The summed E-state index contributed by atoms with van der Waals surface area (Å²) in [6.07, 6.45) is 0.622. The van der Waals surface area contributed by atoms with Gasteiger partial charge in [0.1, 0.15) is 21.8 Å². The van der Waals surface area contributed by atoms with Crippen molar-refractivity contribution in [2.24, 2.45) is 0 Å². The van der Waals surface area contributed by atoms with Crippen LogP contribution in [0, 0.1) is 18.3 Å². The number of aromatic nitrogens is 3. The normalized spacial score (nSPS) is 10.4. The molecule has 0 saturated heterocycles. The summed E-state index contributed by atoms with van der Waals surface area (Å²) in [5.74, 6) is -0.0384. The van der Waals surface area contributed by atoms with E-state index < -0.39 is 5.97 Å². The number of nitriles is 1. The molecule has 3 rings (SSSR count). The van der Waals surface area contributed by atoms with Crippen molar-refractivity contribution in [3.05, 3.63) is 57.7 Å². The zero-order valence-corrected chi connectivity index (χ0v) is 18.0. The Hall–Kier alpha value is -3.16. The maximum absolute atomic E-state index is 12.4. The average Bonchev–Trinajstić information content (AvgIpc) is 3.31. The quantitative estimate of drug-likeness (QED) is 0.405. The Morgan fingerprint density at radius 2 is 2.10 bits per heavy atom. The monoisotopic (exact) mass is 441 g/mol. The van der Waals surface area contributed by atoms with Crippen molar-refractivity contribution in [2.75, 3.05) is 17.7 Å².